The Kier molecular flexibility index (Phi) is 3.70. The van der Waals surface area contributed by atoms with Crippen molar-refractivity contribution in [2.45, 2.75) is 12.2 Å². The second kappa shape index (κ2) is 5.31. The van der Waals surface area contributed by atoms with Crippen molar-refractivity contribution in [2.24, 2.45) is 5.73 Å². The number of pyridine rings is 1. The number of aromatic amines is 1. The molecule has 1 aromatic carbocycles. The molecule has 1 heterocycles. The number of amides is 1. The molecule has 0 fully saturated rings. The van der Waals surface area contributed by atoms with Crippen LogP contribution < -0.4 is 11.2 Å². The molecule has 2 unspecified atom stereocenters. The predicted octanol–water partition coefficient (Wildman–Crippen LogP) is -0.684. The van der Waals surface area contributed by atoms with Gasteiger partial charge in [0.25, 0.3) is 5.43 Å². The fourth-order valence-electron chi connectivity index (χ4n) is 1.88. The van der Waals surface area contributed by atoms with Crippen LogP contribution in [0.1, 0.15) is 11.7 Å². The number of aliphatic hydroxyl groups is 2. The highest BCUT2D eigenvalue weighted by Gasteiger charge is 2.24. The number of carbonyl (C=O) groups excluding carboxylic acids is 1. The normalized spacial score (nSPS) is 13.8. The number of nitrogens with zero attached hydrogens (tertiary/aromatic N) is 1. The van der Waals surface area contributed by atoms with E-state index in [1.807, 2.05) is 0 Å². The van der Waals surface area contributed by atoms with Gasteiger partial charge in [0.1, 0.15) is 6.10 Å². The Hall–Kier alpha value is -2.78. The number of carbonyl (C=O) groups is 1. The van der Waals surface area contributed by atoms with Crippen LogP contribution in [0.25, 0.3) is 10.9 Å². The first-order chi connectivity index (χ1) is 9.82. The molecule has 0 aliphatic rings. The number of benzene rings is 1. The van der Waals surface area contributed by atoms with Crippen molar-refractivity contribution in [3.8, 4) is 0 Å². The van der Waals surface area contributed by atoms with Crippen LogP contribution in [0.2, 0.25) is 0 Å². The lowest BCUT2D eigenvalue weighted by Gasteiger charge is -2.15. The number of fused-ring (bicyclic) bond motifs is 1. The Morgan fingerprint density at radius 3 is 2.62 bits per heavy atom. The lowest BCUT2D eigenvalue weighted by Crippen LogP contribution is -2.33. The number of nitrogens with one attached hydrogen (secondary N) is 1. The number of hydrogen-bond donors (Lipinski definition) is 4. The van der Waals surface area contributed by atoms with Gasteiger partial charge < -0.3 is 20.9 Å². The molecule has 2 rings (SSSR count). The van der Waals surface area contributed by atoms with Gasteiger partial charge in [-0.2, -0.15) is 0 Å². The summed E-state index contributed by atoms with van der Waals surface area (Å²) in [5, 5.41) is 29.9. The van der Waals surface area contributed by atoms with Crippen LogP contribution in [-0.2, 0) is 4.79 Å². The molecule has 0 saturated carbocycles. The molecule has 21 heavy (non-hydrogen) atoms. The molecule has 0 bridgehead atoms. The molecular formula is C12H11N3O6. The van der Waals surface area contributed by atoms with Crippen LogP contribution in [0.4, 0.5) is 5.69 Å². The van der Waals surface area contributed by atoms with Gasteiger partial charge in [-0.1, -0.05) is 6.07 Å². The summed E-state index contributed by atoms with van der Waals surface area (Å²) in [6.07, 6.45) is -2.51. The Balaban J connectivity index is 2.60. The molecule has 0 aliphatic heterocycles. The van der Waals surface area contributed by atoms with Gasteiger partial charge >= 0.3 is 5.69 Å². The Bertz CT molecular complexity index is 784. The minimum absolute atomic E-state index is 0.0415. The first-order valence-electron chi connectivity index (χ1n) is 5.78. The zero-order valence-corrected chi connectivity index (χ0v) is 10.5. The number of H-pyrrole nitrogens is 1. The summed E-state index contributed by atoms with van der Waals surface area (Å²) in [7, 11) is 0. The zero-order valence-electron chi connectivity index (χ0n) is 10.5. The topological polar surface area (TPSA) is 160 Å². The predicted molar refractivity (Wildman–Crippen MR) is 71.4 cm³/mol. The van der Waals surface area contributed by atoms with Gasteiger partial charge in [-0.15, -0.1) is 0 Å². The summed E-state index contributed by atoms with van der Waals surface area (Å²) >= 11 is 0. The smallest absolute Gasteiger partial charge is 0.332 e. The lowest BCUT2D eigenvalue weighted by atomic mass is 10.0. The minimum atomic E-state index is -1.85. The maximum atomic E-state index is 12.0. The highest BCUT2D eigenvalue weighted by atomic mass is 16.6. The third-order valence-corrected chi connectivity index (χ3v) is 3.01. The Morgan fingerprint density at radius 2 is 2.05 bits per heavy atom. The molecule has 0 aliphatic carbocycles. The van der Waals surface area contributed by atoms with Gasteiger partial charge in [0, 0.05) is 5.52 Å². The van der Waals surface area contributed by atoms with Crippen LogP contribution in [0.5, 0.6) is 0 Å². The van der Waals surface area contributed by atoms with Crippen molar-refractivity contribution in [1.82, 2.24) is 4.98 Å². The number of nitrogens with two attached hydrogens (primary N) is 1. The third-order valence-electron chi connectivity index (χ3n) is 3.01. The molecule has 9 nitrogen and oxygen atoms in total. The van der Waals surface area contributed by atoms with E-state index in [4.69, 9.17) is 5.73 Å². The molecule has 1 amide bonds. The first-order valence-corrected chi connectivity index (χ1v) is 5.78. The molecule has 2 aromatic rings. The van der Waals surface area contributed by atoms with E-state index < -0.39 is 34.2 Å². The average molecular weight is 293 g/mol. The summed E-state index contributed by atoms with van der Waals surface area (Å²) in [6.45, 7) is 0. The van der Waals surface area contributed by atoms with Gasteiger partial charge in [0.15, 0.2) is 6.10 Å². The van der Waals surface area contributed by atoms with Gasteiger partial charge in [0.2, 0.25) is 5.91 Å². The van der Waals surface area contributed by atoms with E-state index >= 15 is 0 Å². The fourth-order valence-corrected chi connectivity index (χ4v) is 1.88. The van der Waals surface area contributed by atoms with E-state index in [1.54, 1.807) is 0 Å². The van der Waals surface area contributed by atoms with Gasteiger partial charge in [-0.25, -0.2) is 0 Å². The number of nitro groups is 1. The summed E-state index contributed by atoms with van der Waals surface area (Å²) in [6, 6.07) is 3.92. The van der Waals surface area contributed by atoms with Crippen LogP contribution in [0.3, 0.4) is 0 Å². The summed E-state index contributed by atoms with van der Waals surface area (Å²) < 4.78 is 0. The molecule has 0 spiro atoms. The highest BCUT2D eigenvalue weighted by Crippen LogP contribution is 2.21. The molecule has 1 aromatic heterocycles. The highest BCUT2D eigenvalue weighted by molar-refractivity contribution is 5.82. The summed E-state index contributed by atoms with van der Waals surface area (Å²) in [5.74, 6) is -1.13. The zero-order chi connectivity index (χ0) is 15.7. The maximum Gasteiger partial charge on any atom is 0.332 e. The number of rotatable bonds is 4. The third kappa shape index (κ3) is 2.59. The molecule has 110 valence electrons. The van der Waals surface area contributed by atoms with E-state index in [2.05, 4.69) is 4.98 Å². The molecule has 0 radical (unpaired) electrons. The summed E-state index contributed by atoms with van der Waals surface area (Å²) in [4.78, 5) is 35.3. The number of aromatic nitrogens is 1. The van der Waals surface area contributed by atoms with E-state index in [-0.39, 0.29) is 10.9 Å². The first kappa shape index (κ1) is 14.6. The van der Waals surface area contributed by atoms with E-state index in [0.717, 1.165) is 12.3 Å². The van der Waals surface area contributed by atoms with Crippen molar-refractivity contribution in [1.29, 1.82) is 0 Å². The van der Waals surface area contributed by atoms with E-state index in [1.165, 1.54) is 12.1 Å². The molecule has 9 heteroatoms. The standard InChI is InChI=1S/C12H11N3O6/c13-12(19)11(18)9(16)5-1-2-7-6(3-5)10(17)8(4-14-7)15(20)21/h1-4,9,11,16,18H,(H2,13,19)(H,14,17). The molecule has 2 atom stereocenters. The quantitative estimate of drug-likeness (QED) is 0.431. The SMILES string of the molecule is NC(=O)C(O)C(O)c1ccc2[nH]cc([N+](=O)[O-])c(=O)c2c1. The van der Waals surface area contributed by atoms with Crippen molar-refractivity contribution >= 4 is 22.5 Å². The van der Waals surface area contributed by atoms with Gasteiger partial charge in [-0.05, 0) is 17.7 Å². The van der Waals surface area contributed by atoms with Crippen molar-refractivity contribution < 1.29 is 19.9 Å². The molecular weight excluding hydrogens is 282 g/mol. The molecule has 5 N–H and O–H groups in total. The van der Waals surface area contributed by atoms with Crippen LogP contribution in [-0.4, -0.2) is 32.1 Å². The Morgan fingerprint density at radius 1 is 1.38 bits per heavy atom. The fraction of sp³-hybridized carbons (Fsp3) is 0.167. The molecule has 0 saturated heterocycles. The van der Waals surface area contributed by atoms with Crippen molar-refractivity contribution in [3.05, 3.63) is 50.3 Å². The maximum absolute atomic E-state index is 12.0. The van der Waals surface area contributed by atoms with E-state index in [9.17, 15) is 29.9 Å². The van der Waals surface area contributed by atoms with Crippen LogP contribution >= 0.6 is 0 Å². The average Bonchev–Trinajstić information content (AvgIpc) is 2.45. The van der Waals surface area contributed by atoms with E-state index in [0.29, 0.717) is 5.52 Å². The van der Waals surface area contributed by atoms with Gasteiger partial charge in [0.05, 0.1) is 16.5 Å². The van der Waals surface area contributed by atoms with Crippen molar-refractivity contribution in [2.75, 3.05) is 0 Å². The van der Waals surface area contributed by atoms with Gasteiger partial charge in [-0.3, -0.25) is 19.7 Å². The van der Waals surface area contributed by atoms with Crippen LogP contribution in [0.15, 0.2) is 29.2 Å². The Labute approximate surface area is 116 Å². The largest absolute Gasteiger partial charge is 0.385 e. The second-order valence-electron chi connectivity index (χ2n) is 4.36. The second-order valence-corrected chi connectivity index (χ2v) is 4.36. The number of aliphatic hydroxyl groups excluding tert-OH is 2. The number of hydrogen-bond acceptors (Lipinski definition) is 6. The number of primary amides is 1. The monoisotopic (exact) mass is 293 g/mol. The van der Waals surface area contributed by atoms with Crippen molar-refractivity contribution in [3.63, 3.8) is 0 Å². The summed E-state index contributed by atoms with van der Waals surface area (Å²) in [5.41, 5.74) is 3.75. The lowest BCUT2D eigenvalue weighted by molar-refractivity contribution is -0.386. The van der Waals surface area contributed by atoms with Crippen LogP contribution in [0, 0.1) is 10.1 Å². The minimum Gasteiger partial charge on any atom is -0.385 e.